The van der Waals surface area contributed by atoms with Gasteiger partial charge in [0, 0.05) is 12.2 Å². The quantitative estimate of drug-likeness (QED) is 0.883. The number of carboxylic acids is 1. The molecule has 1 aromatic rings. The van der Waals surface area contributed by atoms with Gasteiger partial charge in [-0.05, 0) is 18.2 Å². The van der Waals surface area contributed by atoms with Gasteiger partial charge in [0.05, 0.1) is 23.1 Å². The Morgan fingerprint density at radius 1 is 1.53 bits per heavy atom. The zero-order valence-corrected chi connectivity index (χ0v) is 9.95. The number of anilines is 1. The maximum atomic E-state index is 12.5. The molecule has 0 spiro atoms. The van der Waals surface area contributed by atoms with Crippen molar-refractivity contribution in [2.45, 2.75) is 13.1 Å². The molecule has 1 atom stereocenters. The van der Waals surface area contributed by atoms with E-state index >= 15 is 0 Å². The lowest BCUT2D eigenvalue weighted by Crippen LogP contribution is -2.19. The summed E-state index contributed by atoms with van der Waals surface area (Å²) in [6, 6.07) is 4.49. The fourth-order valence-corrected chi connectivity index (χ4v) is 1.35. The second kappa shape index (κ2) is 5.61. The number of carbonyl (C=O) groups is 1. The summed E-state index contributed by atoms with van der Waals surface area (Å²) in [4.78, 5) is 10.6. The summed E-state index contributed by atoms with van der Waals surface area (Å²) in [5.74, 6) is -1.70. The van der Waals surface area contributed by atoms with Gasteiger partial charge in [-0.3, -0.25) is 4.79 Å². The number of aliphatic carboxylic acids is 1. The third kappa shape index (κ3) is 3.88. The molecule has 102 valence electrons. The number of nitriles is 1. The van der Waals surface area contributed by atoms with Crippen molar-refractivity contribution in [2.75, 3.05) is 11.9 Å². The molecule has 0 fully saturated rings. The Hall–Kier alpha value is -2.23. The van der Waals surface area contributed by atoms with E-state index in [0.29, 0.717) is 0 Å². The van der Waals surface area contributed by atoms with E-state index in [1.54, 1.807) is 0 Å². The number of rotatable bonds is 4. The first-order chi connectivity index (χ1) is 8.75. The minimum Gasteiger partial charge on any atom is -0.481 e. The maximum Gasteiger partial charge on any atom is 0.417 e. The van der Waals surface area contributed by atoms with Crippen LogP contribution in [0.4, 0.5) is 18.9 Å². The number of hydrogen-bond acceptors (Lipinski definition) is 3. The van der Waals surface area contributed by atoms with Gasteiger partial charge in [-0.25, -0.2) is 0 Å². The molecule has 0 bridgehead atoms. The Morgan fingerprint density at radius 3 is 2.63 bits per heavy atom. The number of alkyl halides is 3. The Balaban J connectivity index is 2.90. The fraction of sp³-hybridized carbons (Fsp3) is 0.333. The second-order valence-electron chi connectivity index (χ2n) is 3.99. The molecule has 0 radical (unpaired) electrons. The summed E-state index contributed by atoms with van der Waals surface area (Å²) in [7, 11) is 0. The van der Waals surface area contributed by atoms with E-state index in [9.17, 15) is 18.0 Å². The summed E-state index contributed by atoms with van der Waals surface area (Å²) in [5, 5.41) is 20.1. The monoisotopic (exact) mass is 272 g/mol. The molecule has 7 heteroatoms. The molecule has 0 aliphatic heterocycles. The predicted octanol–water partition coefficient (Wildman–Crippen LogP) is 2.71. The number of halogens is 3. The highest BCUT2D eigenvalue weighted by Gasteiger charge is 2.33. The van der Waals surface area contributed by atoms with Crippen LogP contribution in [-0.2, 0) is 11.0 Å². The molecule has 4 nitrogen and oxygen atoms in total. The van der Waals surface area contributed by atoms with Crippen LogP contribution in [0.25, 0.3) is 0 Å². The first-order valence-electron chi connectivity index (χ1n) is 5.33. The summed E-state index contributed by atoms with van der Waals surface area (Å²) in [5.41, 5.74) is -1.23. The predicted molar refractivity (Wildman–Crippen MR) is 61.4 cm³/mol. The molecule has 0 aliphatic rings. The van der Waals surface area contributed by atoms with Crippen molar-refractivity contribution in [3.63, 3.8) is 0 Å². The SMILES string of the molecule is CC(CNc1ccc(C(F)(F)F)c(C#N)c1)C(=O)O. The number of carboxylic acid groups (broad SMARTS) is 1. The molecule has 0 saturated carbocycles. The van der Waals surface area contributed by atoms with Gasteiger partial charge in [-0.1, -0.05) is 6.92 Å². The van der Waals surface area contributed by atoms with Crippen molar-refractivity contribution in [2.24, 2.45) is 5.92 Å². The van der Waals surface area contributed by atoms with Crippen LogP contribution in [-0.4, -0.2) is 17.6 Å². The Bertz CT molecular complexity index is 521. The summed E-state index contributed by atoms with van der Waals surface area (Å²) < 4.78 is 37.6. The molecule has 2 N–H and O–H groups in total. The largest absolute Gasteiger partial charge is 0.481 e. The van der Waals surface area contributed by atoms with Crippen molar-refractivity contribution in [3.05, 3.63) is 29.3 Å². The Labute approximate surface area is 107 Å². The standard InChI is InChI=1S/C12H11F3N2O2/c1-7(11(18)19)6-17-9-2-3-10(12(13,14)15)8(4-9)5-16/h2-4,7,17H,6H2,1H3,(H,18,19). The van der Waals surface area contributed by atoms with Gasteiger partial charge in [0.2, 0.25) is 0 Å². The molecule has 0 amide bonds. The van der Waals surface area contributed by atoms with E-state index < -0.39 is 29.2 Å². The molecular weight excluding hydrogens is 261 g/mol. The minimum absolute atomic E-state index is 0.0611. The van der Waals surface area contributed by atoms with Crippen LogP contribution in [0.2, 0.25) is 0 Å². The van der Waals surface area contributed by atoms with Gasteiger partial charge in [-0.2, -0.15) is 18.4 Å². The average Bonchev–Trinajstić information content (AvgIpc) is 2.34. The number of nitrogens with zero attached hydrogens (tertiary/aromatic N) is 1. The fourth-order valence-electron chi connectivity index (χ4n) is 1.35. The molecule has 1 unspecified atom stereocenters. The summed E-state index contributed by atoms with van der Waals surface area (Å²) in [6.45, 7) is 1.52. The zero-order valence-electron chi connectivity index (χ0n) is 9.95. The van der Waals surface area contributed by atoms with Gasteiger partial charge in [0.25, 0.3) is 0 Å². The first-order valence-corrected chi connectivity index (χ1v) is 5.33. The van der Waals surface area contributed by atoms with Crippen molar-refractivity contribution in [1.29, 1.82) is 5.26 Å². The number of hydrogen-bond donors (Lipinski definition) is 2. The van der Waals surface area contributed by atoms with Crippen molar-refractivity contribution in [3.8, 4) is 6.07 Å². The third-order valence-electron chi connectivity index (χ3n) is 2.48. The van der Waals surface area contributed by atoms with Gasteiger partial charge < -0.3 is 10.4 Å². The molecular formula is C12H11F3N2O2. The van der Waals surface area contributed by atoms with Crippen LogP contribution < -0.4 is 5.32 Å². The van der Waals surface area contributed by atoms with E-state index in [-0.39, 0.29) is 12.2 Å². The lowest BCUT2D eigenvalue weighted by atomic mass is 10.1. The first kappa shape index (κ1) is 14.8. The number of benzene rings is 1. The normalized spacial score (nSPS) is 12.6. The van der Waals surface area contributed by atoms with Gasteiger partial charge >= 0.3 is 12.1 Å². The smallest absolute Gasteiger partial charge is 0.417 e. The van der Waals surface area contributed by atoms with E-state index in [2.05, 4.69) is 5.32 Å². The highest BCUT2D eigenvalue weighted by Crippen LogP contribution is 2.32. The molecule has 0 aliphatic carbocycles. The van der Waals surface area contributed by atoms with Crippen LogP contribution in [0.15, 0.2) is 18.2 Å². The van der Waals surface area contributed by atoms with E-state index in [4.69, 9.17) is 10.4 Å². The van der Waals surface area contributed by atoms with Gasteiger partial charge in [0.15, 0.2) is 0 Å². The molecule has 0 heterocycles. The third-order valence-corrected chi connectivity index (χ3v) is 2.48. The zero-order chi connectivity index (χ0) is 14.6. The summed E-state index contributed by atoms with van der Waals surface area (Å²) in [6.07, 6.45) is -4.59. The molecule has 0 saturated heterocycles. The Morgan fingerprint density at radius 2 is 2.16 bits per heavy atom. The highest BCUT2D eigenvalue weighted by molar-refractivity contribution is 5.70. The van der Waals surface area contributed by atoms with Crippen LogP contribution in [0, 0.1) is 17.2 Å². The molecule has 19 heavy (non-hydrogen) atoms. The lowest BCUT2D eigenvalue weighted by Gasteiger charge is -2.12. The van der Waals surface area contributed by atoms with Crippen LogP contribution in [0.1, 0.15) is 18.1 Å². The van der Waals surface area contributed by atoms with E-state index in [1.165, 1.54) is 13.0 Å². The Kier molecular flexibility index (Phi) is 4.38. The topological polar surface area (TPSA) is 73.1 Å². The lowest BCUT2D eigenvalue weighted by molar-refractivity contribution is -0.140. The van der Waals surface area contributed by atoms with E-state index in [1.807, 2.05) is 0 Å². The average molecular weight is 272 g/mol. The molecule has 0 aromatic heterocycles. The van der Waals surface area contributed by atoms with Crippen molar-refractivity contribution in [1.82, 2.24) is 0 Å². The van der Waals surface area contributed by atoms with Crippen molar-refractivity contribution < 1.29 is 23.1 Å². The summed E-state index contributed by atoms with van der Waals surface area (Å²) >= 11 is 0. The van der Waals surface area contributed by atoms with E-state index in [0.717, 1.165) is 18.2 Å². The van der Waals surface area contributed by atoms with Crippen molar-refractivity contribution >= 4 is 11.7 Å². The second-order valence-corrected chi connectivity index (χ2v) is 3.99. The van der Waals surface area contributed by atoms with Crippen LogP contribution in [0.5, 0.6) is 0 Å². The highest BCUT2D eigenvalue weighted by atomic mass is 19.4. The van der Waals surface area contributed by atoms with Gasteiger partial charge in [0.1, 0.15) is 0 Å². The number of nitrogens with one attached hydrogen (secondary N) is 1. The maximum absolute atomic E-state index is 12.5. The minimum atomic E-state index is -4.59. The van der Waals surface area contributed by atoms with Gasteiger partial charge in [-0.15, -0.1) is 0 Å². The molecule has 1 aromatic carbocycles. The molecule has 1 rings (SSSR count). The van der Waals surface area contributed by atoms with Crippen LogP contribution >= 0.6 is 0 Å². The van der Waals surface area contributed by atoms with Crippen LogP contribution in [0.3, 0.4) is 0 Å².